The highest BCUT2D eigenvalue weighted by molar-refractivity contribution is 5.97. The second-order valence-electron chi connectivity index (χ2n) is 5.23. The summed E-state index contributed by atoms with van der Waals surface area (Å²) >= 11 is 0. The number of rotatable bonds is 6. The molecule has 0 aliphatic rings. The van der Waals surface area contributed by atoms with Crippen LogP contribution in [0.2, 0.25) is 0 Å². The molecule has 0 radical (unpaired) electrons. The number of hydrogen-bond donors (Lipinski definition) is 2. The van der Waals surface area contributed by atoms with Gasteiger partial charge in [-0.05, 0) is 30.2 Å². The summed E-state index contributed by atoms with van der Waals surface area (Å²) < 4.78 is 5.17. The Bertz CT molecular complexity index is 609. The lowest BCUT2D eigenvalue weighted by Gasteiger charge is -2.21. The molecule has 6 nitrogen and oxygen atoms in total. The molecule has 2 N–H and O–H groups in total. The molecule has 0 saturated heterocycles. The van der Waals surface area contributed by atoms with Gasteiger partial charge < -0.3 is 15.1 Å². The Labute approximate surface area is 128 Å². The van der Waals surface area contributed by atoms with Crippen molar-refractivity contribution in [3.8, 4) is 0 Å². The summed E-state index contributed by atoms with van der Waals surface area (Å²) in [7, 11) is 0. The van der Waals surface area contributed by atoms with Crippen LogP contribution in [0.15, 0.2) is 47.3 Å². The molecule has 2 amide bonds. The highest BCUT2D eigenvalue weighted by Gasteiger charge is 2.24. The van der Waals surface area contributed by atoms with Gasteiger partial charge in [0.15, 0.2) is 0 Å². The predicted molar refractivity (Wildman–Crippen MR) is 80.9 cm³/mol. The van der Waals surface area contributed by atoms with E-state index >= 15 is 0 Å². The Kier molecular flexibility index (Phi) is 5.30. The van der Waals surface area contributed by atoms with E-state index in [1.54, 1.807) is 30.5 Å². The van der Waals surface area contributed by atoms with Gasteiger partial charge in [0, 0.05) is 18.0 Å². The molecular formula is C16H19N3O3. The summed E-state index contributed by atoms with van der Waals surface area (Å²) in [5, 5.41) is 5.52. The van der Waals surface area contributed by atoms with E-state index in [2.05, 4.69) is 15.6 Å². The fourth-order valence-corrected chi connectivity index (χ4v) is 1.96. The highest BCUT2D eigenvalue weighted by atomic mass is 16.3. The second kappa shape index (κ2) is 7.40. The van der Waals surface area contributed by atoms with Crippen LogP contribution in [0.4, 0.5) is 0 Å². The molecule has 2 heterocycles. The van der Waals surface area contributed by atoms with E-state index in [-0.39, 0.29) is 17.7 Å². The first-order valence-electron chi connectivity index (χ1n) is 7.09. The van der Waals surface area contributed by atoms with Crippen molar-refractivity contribution in [2.24, 2.45) is 5.92 Å². The Hall–Kier alpha value is -2.63. The van der Waals surface area contributed by atoms with E-state index < -0.39 is 6.04 Å². The number of carbonyl (C=O) groups excluding carboxylic acids is 2. The summed E-state index contributed by atoms with van der Waals surface area (Å²) in [6, 6.07) is 6.13. The minimum Gasteiger partial charge on any atom is -0.467 e. The third kappa shape index (κ3) is 4.18. The number of nitrogens with one attached hydrogen (secondary N) is 2. The number of furan rings is 1. The van der Waals surface area contributed by atoms with Crippen LogP contribution < -0.4 is 10.6 Å². The molecule has 22 heavy (non-hydrogen) atoms. The molecular weight excluding hydrogens is 282 g/mol. The Balaban J connectivity index is 1.97. The molecule has 2 aromatic rings. The molecule has 1 atom stereocenters. The van der Waals surface area contributed by atoms with E-state index in [4.69, 9.17) is 4.42 Å². The van der Waals surface area contributed by atoms with Gasteiger partial charge in [-0.3, -0.25) is 14.6 Å². The molecule has 0 aliphatic heterocycles. The van der Waals surface area contributed by atoms with Gasteiger partial charge in [-0.2, -0.15) is 0 Å². The normalized spacial score (nSPS) is 12.0. The maximum Gasteiger partial charge on any atom is 0.252 e. The van der Waals surface area contributed by atoms with E-state index in [9.17, 15) is 9.59 Å². The predicted octanol–water partition coefficient (Wildman–Crippen LogP) is 1.75. The average molecular weight is 301 g/mol. The number of amides is 2. The molecule has 0 spiro atoms. The smallest absolute Gasteiger partial charge is 0.252 e. The SMILES string of the molecule is CC(C)[C@H](NC(=O)c1ccncc1)C(=O)NCc1ccco1. The summed E-state index contributed by atoms with van der Waals surface area (Å²) in [5.74, 6) is 0.0850. The molecule has 6 heteroatoms. The molecule has 0 aromatic carbocycles. The molecule has 2 rings (SSSR count). The fourth-order valence-electron chi connectivity index (χ4n) is 1.96. The number of pyridine rings is 1. The molecule has 0 saturated carbocycles. The number of carbonyl (C=O) groups is 2. The van der Waals surface area contributed by atoms with Crippen LogP contribution in [-0.4, -0.2) is 22.8 Å². The lowest BCUT2D eigenvalue weighted by molar-refractivity contribution is -0.124. The van der Waals surface area contributed by atoms with Gasteiger partial charge in [0.05, 0.1) is 12.8 Å². The summed E-state index contributed by atoms with van der Waals surface area (Å²) in [6.07, 6.45) is 4.62. The minimum absolute atomic E-state index is 0.0395. The fraction of sp³-hybridized carbons (Fsp3) is 0.312. The van der Waals surface area contributed by atoms with Crippen LogP contribution >= 0.6 is 0 Å². The summed E-state index contributed by atoms with van der Waals surface area (Å²) in [5.41, 5.74) is 0.472. The van der Waals surface area contributed by atoms with Gasteiger partial charge in [0.2, 0.25) is 5.91 Å². The maximum atomic E-state index is 12.3. The lowest BCUT2D eigenvalue weighted by Crippen LogP contribution is -2.49. The standard InChI is InChI=1S/C16H19N3O3/c1-11(2)14(16(21)18-10-13-4-3-9-22-13)19-15(20)12-5-7-17-8-6-12/h3-9,11,14H,10H2,1-2H3,(H,18,21)(H,19,20)/t14-/m0/s1. The molecule has 0 bridgehead atoms. The van der Waals surface area contributed by atoms with Crippen LogP contribution in [0.25, 0.3) is 0 Å². The zero-order valence-corrected chi connectivity index (χ0v) is 12.6. The van der Waals surface area contributed by atoms with E-state index in [0.717, 1.165) is 0 Å². The maximum absolute atomic E-state index is 12.3. The van der Waals surface area contributed by atoms with Gasteiger partial charge in [-0.15, -0.1) is 0 Å². The van der Waals surface area contributed by atoms with Crippen LogP contribution in [0.5, 0.6) is 0 Å². The third-order valence-electron chi connectivity index (χ3n) is 3.20. The average Bonchev–Trinajstić information content (AvgIpc) is 3.04. The number of hydrogen-bond acceptors (Lipinski definition) is 4. The molecule has 0 aliphatic carbocycles. The van der Waals surface area contributed by atoms with Crippen LogP contribution in [-0.2, 0) is 11.3 Å². The Morgan fingerprint density at radius 1 is 1.23 bits per heavy atom. The molecule has 2 aromatic heterocycles. The first-order chi connectivity index (χ1) is 10.6. The van der Waals surface area contributed by atoms with Crippen molar-refractivity contribution in [3.05, 3.63) is 54.2 Å². The van der Waals surface area contributed by atoms with E-state index in [0.29, 0.717) is 17.9 Å². The quantitative estimate of drug-likeness (QED) is 0.851. The van der Waals surface area contributed by atoms with Crippen LogP contribution in [0.1, 0.15) is 30.0 Å². The molecule has 116 valence electrons. The topological polar surface area (TPSA) is 84.2 Å². The van der Waals surface area contributed by atoms with Gasteiger partial charge in [-0.1, -0.05) is 13.8 Å². The highest BCUT2D eigenvalue weighted by Crippen LogP contribution is 2.06. The Morgan fingerprint density at radius 2 is 1.95 bits per heavy atom. The van der Waals surface area contributed by atoms with Crippen molar-refractivity contribution in [2.45, 2.75) is 26.4 Å². The van der Waals surface area contributed by atoms with Gasteiger partial charge in [0.1, 0.15) is 11.8 Å². The molecule has 0 unspecified atom stereocenters. The van der Waals surface area contributed by atoms with E-state index in [1.807, 2.05) is 13.8 Å². The van der Waals surface area contributed by atoms with Crippen molar-refractivity contribution in [1.29, 1.82) is 0 Å². The van der Waals surface area contributed by atoms with Crippen molar-refractivity contribution < 1.29 is 14.0 Å². The zero-order chi connectivity index (χ0) is 15.9. The van der Waals surface area contributed by atoms with E-state index in [1.165, 1.54) is 12.4 Å². The number of nitrogens with zero attached hydrogens (tertiary/aromatic N) is 1. The monoisotopic (exact) mass is 301 g/mol. The van der Waals surface area contributed by atoms with Gasteiger partial charge in [0.25, 0.3) is 5.91 Å². The Morgan fingerprint density at radius 3 is 2.55 bits per heavy atom. The zero-order valence-electron chi connectivity index (χ0n) is 12.6. The van der Waals surface area contributed by atoms with Crippen LogP contribution in [0.3, 0.4) is 0 Å². The van der Waals surface area contributed by atoms with Crippen molar-refractivity contribution in [1.82, 2.24) is 15.6 Å². The third-order valence-corrected chi connectivity index (χ3v) is 3.20. The van der Waals surface area contributed by atoms with Crippen molar-refractivity contribution in [2.75, 3.05) is 0 Å². The lowest BCUT2D eigenvalue weighted by atomic mass is 10.0. The second-order valence-corrected chi connectivity index (χ2v) is 5.23. The summed E-state index contributed by atoms with van der Waals surface area (Å²) in [6.45, 7) is 4.05. The van der Waals surface area contributed by atoms with Crippen molar-refractivity contribution in [3.63, 3.8) is 0 Å². The van der Waals surface area contributed by atoms with Gasteiger partial charge >= 0.3 is 0 Å². The summed E-state index contributed by atoms with van der Waals surface area (Å²) in [4.78, 5) is 28.3. The van der Waals surface area contributed by atoms with Gasteiger partial charge in [-0.25, -0.2) is 0 Å². The van der Waals surface area contributed by atoms with Crippen molar-refractivity contribution >= 4 is 11.8 Å². The molecule has 0 fully saturated rings. The largest absolute Gasteiger partial charge is 0.467 e. The first kappa shape index (κ1) is 15.8. The number of aromatic nitrogens is 1. The first-order valence-corrected chi connectivity index (χ1v) is 7.09. The van der Waals surface area contributed by atoms with Crippen LogP contribution in [0, 0.1) is 5.92 Å². The minimum atomic E-state index is -0.615.